The number of rotatable bonds is 6. The fourth-order valence-corrected chi connectivity index (χ4v) is 5.42. The van der Waals surface area contributed by atoms with E-state index in [4.69, 9.17) is 14.5 Å². The maximum atomic E-state index is 13.8. The van der Waals surface area contributed by atoms with E-state index in [0.29, 0.717) is 37.8 Å². The number of thiazole rings is 1. The second-order valence-corrected chi connectivity index (χ2v) is 9.43. The van der Waals surface area contributed by atoms with Gasteiger partial charge in [-0.15, -0.1) is 0 Å². The molecule has 0 radical (unpaired) electrons. The first-order chi connectivity index (χ1) is 18.0. The number of carbonyl (C=O) groups is 1. The van der Waals surface area contributed by atoms with E-state index < -0.39 is 6.04 Å². The highest BCUT2D eigenvalue weighted by Gasteiger charge is 2.32. The number of aromatic nitrogens is 1. The van der Waals surface area contributed by atoms with E-state index in [-0.39, 0.29) is 11.5 Å². The molecule has 0 fully saturated rings. The van der Waals surface area contributed by atoms with Crippen LogP contribution in [0.4, 0.5) is 5.69 Å². The minimum absolute atomic E-state index is 0.236. The van der Waals surface area contributed by atoms with Gasteiger partial charge >= 0.3 is 0 Å². The number of methoxy groups -OCH3 is 2. The number of nitrogens with zero attached hydrogens (tertiary/aromatic N) is 2. The molecule has 186 valence electrons. The Bertz CT molecular complexity index is 1690. The van der Waals surface area contributed by atoms with Crippen LogP contribution in [0.1, 0.15) is 24.1 Å². The molecule has 0 aliphatic carbocycles. The molecule has 0 spiro atoms. The van der Waals surface area contributed by atoms with Crippen LogP contribution in [0.5, 0.6) is 11.5 Å². The number of anilines is 1. The van der Waals surface area contributed by atoms with Crippen LogP contribution < -0.4 is 29.7 Å². The second kappa shape index (κ2) is 10.3. The molecule has 3 aromatic carbocycles. The number of fused-ring (bicyclic) bond motifs is 1. The number of hydrogen-bond acceptors (Lipinski definition) is 6. The Balaban J connectivity index is 1.70. The van der Waals surface area contributed by atoms with Gasteiger partial charge in [-0.3, -0.25) is 14.2 Å². The third-order valence-electron chi connectivity index (χ3n) is 6.13. The summed E-state index contributed by atoms with van der Waals surface area (Å²) >= 11 is 1.28. The fraction of sp³-hybridized carbons (Fsp3) is 0.138. The van der Waals surface area contributed by atoms with Gasteiger partial charge in [0.15, 0.2) is 4.80 Å². The average molecular weight is 512 g/mol. The first-order valence-corrected chi connectivity index (χ1v) is 12.5. The molecule has 1 aliphatic rings. The SMILES string of the molecule is COc1cccc([C@@H]2C(C(=O)Nc3ccccc3)=C(C)N=c3s/c(=C/c4ccccc4OC)c(=O)n32)c1. The standard InChI is InChI=1S/C29H25N3O4S/c1-18-25(27(33)31-21-12-5-4-6-13-21)26(20-11-9-14-22(16-20)35-2)32-28(34)24(37-29(32)30-18)17-19-10-7-8-15-23(19)36-3/h4-17,26H,1-3H3,(H,31,33)/b24-17+/t26-/m1/s1. The van der Waals surface area contributed by atoms with Crippen LogP contribution in [0.3, 0.4) is 0 Å². The third-order valence-corrected chi connectivity index (χ3v) is 7.12. The lowest BCUT2D eigenvalue weighted by Crippen LogP contribution is -2.40. The zero-order valence-corrected chi connectivity index (χ0v) is 21.4. The minimum atomic E-state index is -0.685. The summed E-state index contributed by atoms with van der Waals surface area (Å²) in [7, 11) is 3.18. The molecule has 37 heavy (non-hydrogen) atoms. The summed E-state index contributed by atoms with van der Waals surface area (Å²) in [6.07, 6.45) is 1.80. The van der Waals surface area contributed by atoms with Gasteiger partial charge in [-0.25, -0.2) is 4.99 Å². The van der Waals surface area contributed by atoms with E-state index in [0.717, 1.165) is 11.1 Å². The summed E-state index contributed by atoms with van der Waals surface area (Å²) in [5.74, 6) is 0.974. The van der Waals surface area contributed by atoms with Crippen molar-refractivity contribution in [3.05, 3.63) is 121 Å². The van der Waals surface area contributed by atoms with Crippen molar-refractivity contribution in [3.63, 3.8) is 0 Å². The van der Waals surface area contributed by atoms with Crippen molar-refractivity contribution in [2.24, 2.45) is 4.99 Å². The van der Waals surface area contributed by atoms with E-state index in [1.54, 1.807) is 31.8 Å². The summed E-state index contributed by atoms with van der Waals surface area (Å²) in [6.45, 7) is 1.80. The van der Waals surface area contributed by atoms with Crippen molar-refractivity contribution >= 4 is 29.0 Å². The van der Waals surface area contributed by atoms with Gasteiger partial charge in [0.2, 0.25) is 0 Å². The summed E-state index contributed by atoms with van der Waals surface area (Å²) in [5.41, 5.74) is 2.90. The van der Waals surface area contributed by atoms with E-state index in [9.17, 15) is 9.59 Å². The molecule has 5 rings (SSSR count). The van der Waals surface area contributed by atoms with Crippen molar-refractivity contribution in [2.45, 2.75) is 13.0 Å². The summed E-state index contributed by atoms with van der Waals surface area (Å²) in [5, 5.41) is 2.96. The van der Waals surface area contributed by atoms with Gasteiger partial charge in [-0.2, -0.15) is 0 Å². The summed E-state index contributed by atoms with van der Waals surface area (Å²) in [6, 6.07) is 23.4. The number of carbonyl (C=O) groups excluding carboxylic acids is 1. The molecule has 2 heterocycles. The van der Waals surface area contributed by atoms with E-state index >= 15 is 0 Å². The molecule has 7 nitrogen and oxygen atoms in total. The topological polar surface area (TPSA) is 81.9 Å². The van der Waals surface area contributed by atoms with Crippen molar-refractivity contribution in [3.8, 4) is 11.5 Å². The van der Waals surface area contributed by atoms with Crippen molar-refractivity contribution in [1.29, 1.82) is 0 Å². The van der Waals surface area contributed by atoms with E-state index in [1.165, 1.54) is 11.3 Å². The number of allylic oxidation sites excluding steroid dienone is 1. The maximum Gasteiger partial charge on any atom is 0.271 e. The quantitative estimate of drug-likeness (QED) is 0.426. The molecule has 1 atom stereocenters. The monoisotopic (exact) mass is 511 g/mol. The molecule has 1 amide bonds. The highest BCUT2D eigenvalue weighted by atomic mass is 32.1. The normalized spacial score (nSPS) is 15.1. The predicted octanol–water partition coefficient (Wildman–Crippen LogP) is 3.89. The fourth-order valence-electron chi connectivity index (χ4n) is 4.39. The van der Waals surface area contributed by atoms with Crippen molar-refractivity contribution in [1.82, 2.24) is 4.57 Å². The van der Waals surface area contributed by atoms with Gasteiger partial charge in [-0.1, -0.05) is 59.9 Å². The molecule has 1 aromatic heterocycles. The Morgan fingerprint density at radius 3 is 2.51 bits per heavy atom. The molecule has 4 aromatic rings. The van der Waals surface area contributed by atoms with E-state index in [1.807, 2.05) is 78.9 Å². The van der Waals surface area contributed by atoms with Crippen molar-refractivity contribution < 1.29 is 14.3 Å². The second-order valence-electron chi connectivity index (χ2n) is 8.42. The Morgan fingerprint density at radius 2 is 1.76 bits per heavy atom. The van der Waals surface area contributed by atoms with Crippen LogP contribution in [-0.2, 0) is 4.79 Å². The summed E-state index contributed by atoms with van der Waals surface area (Å²) in [4.78, 5) is 32.7. The maximum absolute atomic E-state index is 13.8. The Morgan fingerprint density at radius 1 is 1.00 bits per heavy atom. The number of para-hydroxylation sites is 2. The molecular weight excluding hydrogens is 486 g/mol. The number of ether oxygens (including phenoxy) is 2. The zero-order chi connectivity index (χ0) is 25.9. The minimum Gasteiger partial charge on any atom is -0.497 e. The van der Waals surface area contributed by atoms with Gasteiger partial charge in [0.1, 0.15) is 11.5 Å². The van der Waals surface area contributed by atoms with Crippen LogP contribution in [0.2, 0.25) is 0 Å². The van der Waals surface area contributed by atoms with Crippen molar-refractivity contribution in [2.75, 3.05) is 19.5 Å². The molecule has 0 saturated heterocycles. The molecule has 1 aliphatic heterocycles. The van der Waals surface area contributed by atoms with E-state index in [2.05, 4.69) is 5.32 Å². The highest BCUT2D eigenvalue weighted by Crippen LogP contribution is 2.32. The van der Waals surface area contributed by atoms with Gasteiger partial charge in [-0.05, 0) is 48.9 Å². The third kappa shape index (κ3) is 4.71. The number of nitrogens with one attached hydrogen (secondary N) is 1. The van der Waals surface area contributed by atoms with Crippen LogP contribution in [0, 0.1) is 0 Å². The average Bonchev–Trinajstić information content (AvgIpc) is 3.22. The molecule has 0 unspecified atom stereocenters. The van der Waals surface area contributed by atoms with Crippen LogP contribution in [-0.4, -0.2) is 24.7 Å². The molecule has 0 saturated carbocycles. The molecule has 8 heteroatoms. The lowest BCUT2D eigenvalue weighted by molar-refractivity contribution is -0.113. The van der Waals surface area contributed by atoms with Crippen LogP contribution in [0.25, 0.3) is 6.08 Å². The van der Waals surface area contributed by atoms with Gasteiger partial charge in [0, 0.05) is 11.3 Å². The first kappa shape index (κ1) is 24.3. The number of amides is 1. The van der Waals surface area contributed by atoms with Gasteiger partial charge in [0.05, 0.1) is 36.1 Å². The van der Waals surface area contributed by atoms with Gasteiger partial charge < -0.3 is 14.8 Å². The van der Waals surface area contributed by atoms with Gasteiger partial charge in [0.25, 0.3) is 11.5 Å². The highest BCUT2D eigenvalue weighted by molar-refractivity contribution is 7.07. The largest absolute Gasteiger partial charge is 0.497 e. The lowest BCUT2D eigenvalue weighted by Gasteiger charge is -2.25. The Labute approximate surface area is 217 Å². The summed E-state index contributed by atoms with van der Waals surface area (Å²) < 4.78 is 13.0. The van der Waals surface area contributed by atoms with Crippen LogP contribution in [0.15, 0.2) is 99.9 Å². The Hall–Kier alpha value is -4.43. The molecular formula is C29H25N3O4S. The smallest absolute Gasteiger partial charge is 0.271 e. The first-order valence-electron chi connectivity index (χ1n) is 11.7. The zero-order valence-electron chi connectivity index (χ0n) is 20.6. The van der Waals surface area contributed by atoms with Crippen LogP contribution >= 0.6 is 11.3 Å². The number of hydrogen-bond donors (Lipinski definition) is 1. The Kier molecular flexibility index (Phi) is 6.74. The predicted molar refractivity (Wildman–Crippen MR) is 145 cm³/mol. The number of benzene rings is 3. The molecule has 1 N–H and O–H groups in total. The lowest BCUT2D eigenvalue weighted by atomic mass is 9.95. The molecule has 0 bridgehead atoms.